The summed E-state index contributed by atoms with van der Waals surface area (Å²) in [6.45, 7) is 0. The molecular formula is C5H4FNO2S. The Morgan fingerprint density at radius 3 is 3.00 bits per heavy atom. The number of nitrogens with zero attached hydrogens (tertiary/aromatic N) is 1. The maximum absolute atomic E-state index is 12.4. The van der Waals surface area contributed by atoms with Crippen LogP contribution in [0.15, 0.2) is 11.4 Å². The third-order valence-corrected chi connectivity index (χ3v) is 1.51. The number of rotatable bonds is 2. The Bertz CT molecular complexity index is 224. The number of hydrogen-bond donors (Lipinski definition) is 1. The minimum Gasteiger partial charge on any atom is -0.479 e. The van der Waals surface area contributed by atoms with Gasteiger partial charge in [-0.2, -0.15) is 4.37 Å². The molecule has 1 aromatic heterocycles. The van der Waals surface area contributed by atoms with Crippen molar-refractivity contribution in [3.63, 3.8) is 0 Å². The minimum absolute atomic E-state index is 0.0301. The first-order chi connectivity index (χ1) is 4.72. The molecule has 54 valence electrons. The van der Waals surface area contributed by atoms with E-state index in [4.69, 9.17) is 5.11 Å². The molecule has 5 heteroatoms. The molecule has 1 atom stereocenters. The highest BCUT2D eigenvalue weighted by molar-refractivity contribution is 7.03. The van der Waals surface area contributed by atoms with Gasteiger partial charge in [-0.1, -0.05) is 0 Å². The fourth-order valence-electron chi connectivity index (χ4n) is 0.479. The number of aromatic nitrogens is 1. The van der Waals surface area contributed by atoms with Gasteiger partial charge in [-0.25, -0.2) is 9.18 Å². The van der Waals surface area contributed by atoms with E-state index in [1.807, 2.05) is 0 Å². The molecule has 1 heterocycles. The molecule has 0 aromatic carbocycles. The van der Waals surface area contributed by atoms with Gasteiger partial charge in [-0.15, -0.1) is 0 Å². The Kier molecular flexibility index (Phi) is 1.96. The smallest absolute Gasteiger partial charge is 0.344 e. The second-order valence-electron chi connectivity index (χ2n) is 1.63. The molecular weight excluding hydrogens is 157 g/mol. The van der Waals surface area contributed by atoms with Crippen LogP contribution in [0, 0.1) is 0 Å². The second kappa shape index (κ2) is 2.74. The van der Waals surface area contributed by atoms with E-state index in [9.17, 15) is 9.18 Å². The van der Waals surface area contributed by atoms with Gasteiger partial charge in [0.25, 0.3) is 0 Å². The predicted octanol–water partition coefficient (Wildman–Crippen LogP) is 1.24. The lowest BCUT2D eigenvalue weighted by molar-refractivity contribution is -0.143. The number of carboxylic acid groups (broad SMARTS) is 1. The van der Waals surface area contributed by atoms with Crippen LogP contribution < -0.4 is 0 Å². The van der Waals surface area contributed by atoms with Gasteiger partial charge in [0.05, 0.1) is 5.69 Å². The monoisotopic (exact) mass is 161 g/mol. The highest BCUT2D eigenvalue weighted by atomic mass is 32.1. The molecule has 0 amide bonds. The SMILES string of the molecule is O=C(O)C(F)c1ccsn1. The Morgan fingerprint density at radius 2 is 2.60 bits per heavy atom. The topological polar surface area (TPSA) is 50.2 Å². The van der Waals surface area contributed by atoms with Gasteiger partial charge >= 0.3 is 5.97 Å². The summed E-state index contributed by atoms with van der Waals surface area (Å²) in [5.74, 6) is -1.49. The van der Waals surface area contributed by atoms with Crippen LogP contribution in [0.3, 0.4) is 0 Å². The standard InChI is InChI=1S/C5H4FNO2S/c6-4(5(8)9)3-1-2-10-7-3/h1-2,4H,(H,8,9). The molecule has 1 rings (SSSR count). The summed E-state index contributed by atoms with van der Waals surface area (Å²) in [6, 6.07) is 1.35. The van der Waals surface area contributed by atoms with Gasteiger partial charge in [0, 0.05) is 5.38 Å². The molecule has 0 aliphatic heterocycles. The Morgan fingerprint density at radius 1 is 1.90 bits per heavy atom. The van der Waals surface area contributed by atoms with Crippen molar-refractivity contribution < 1.29 is 14.3 Å². The first kappa shape index (κ1) is 7.14. The van der Waals surface area contributed by atoms with Crippen LogP contribution in [-0.4, -0.2) is 15.4 Å². The van der Waals surface area contributed by atoms with Crippen molar-refractivity contribution in [3.8, 4) is 0 Å². The molecule has 0 spiro atoms. The van der Waals surface area contributed by atoms with Gasteiger partial charge in [0.2, 0.25) is 6.17 Å². The highest BCUT2D eigenvalue weighted by Crippen LogP contribution is 2.15. The molecule has 1 aromatic rings. The zero-order valence-corrected chi connectivity index (χ0v) is 5.64. The summed E-state index contributed by atoms with van der Waals surface area (Å²) in [5, 5.41) is 9.68. The normalized spacial score (nSPS) is 12.9. The van der Waals surface area contributed by atoms with E-state index < -0.39 is 12.1 Å². The third kappa shape index (κ3) is 1.30. The second-order valence-corrected chi connectivity index (χ2v) is 2.29. The Labute approximate surface area is 60.3 Å². The Hall–Kier alpha value is -0.970. The van der Waals surface area contributed by atoms with Crippen LogP contribution in [0.5, 0.6) is 0 Å². The van der Waals surface area contributed by atoms with Gasteiger partial charge in [0.1, 0.15) is 0 Å². The van der Waals surface area contributed by atoms with Crippen LogP contribution in [-0.2, 0) is 4.79 Å². The van der Waals surface area contributed by atoms with E-state index in [0.29, 0.717) is 0 Å². The van der Waals surface area contributed by atoms with Crippen LogP contribution >= 0.6 is 11.5 Å². The molecule has 3 nitrogen and oxygen atoms in total. The molecule has 0 bridgehead atoms. The van der Waals surface area contributed by atoms with Crippen LogP contribution in [0.25, 0.3) is 0 Å². The number of aliphatic carboxylic acids is 1. The van der Waals surface area contributed by atoms with Crippen molar-refractivity contribution in [2.45, 2.75) is 6.17 Å². The molecule has 0 aliphatic carbocycles. The number of carbonyl (C=O) groups is 1. The summed E-state index contributed by atoms with van der Waals surface area (Å²) in [6.07, 6.45) is -1.98. The van der Waals surface area contributed by atoms with Crippen LogP contribution in [0.4, 0.5) is 4.39 Å². The molecule has 1 unspecified atom stereocenters. The Balaban J connectivity index is 2.77. The summed E-state index contributed by atoms with van der Waals surface area (Å²) in [4.78, 5) is 9.99. The quantitative estimate of drug-likeness (QED) is 0.709. The lowest BCUT2D eigenvalue weighted by Crippen LogP contribution is -2.05. The van der Waals surface area contributed by atoms with Crippen molar-refractivity contribution >= 4 is 17.5 Å². The molecule has 0 saturated heterocycles. The maximum atomic E-state index is 12.4. The largest absolute Gasteiger partial charge is 0.479 e. The van der Waals surface area contributed by atoms with Crippen molar-refractivity contribution in [1.29, 1.82) is 0 Å². The van der Waals surface area contributed by atoms with Gasteiger partial charge in [-0.05, 0) is 17.6 Å². The van der Waals surface area contributed by atoms with Crippen LogP contribution in [0.2, 0.25) is 0 Å². The molecule has 0 aliphatic rings. The summed E-state index contributed by atoms with van der Waals surface area (Å²) in [5.41, 5.74) is -0.0301. The van der Waals surface area contributed by atoms with Crippen LogP contribution in [0.1, 0.15) is 11.9 Å². The number of alkyl halides is 1. The number of hydrogen-bond acceptors (Lipinski definition) is 3. The molecule has 0 saturated carbocycles. The van der Waals surface area contributed by atoms with Crippen molar-refractivity contribution in [2.24, 2.45) is 0 Å². The number of carboxylic acids is 1. The zero-order valence-electron chi connectivity index (χ0n) is 4.82. The minimum atomic E-state index is -1.98. The number of halogens is 1. The average molecular weight is 161 g/mol. The molecule has 0 fully saturated rings. The fraction of sp³-hybridized carbons (Fsp3) is 0.200. The van der Waals surface area contributed by atoms with Crippen molar-refractivity contribution in [1.82, 2.24) is 4.37 Å². The predicted molar refractivity (Wildman–Crippen MR) is 33.6 cm³/mol. The van der Waals surface area contributed by atoms with E-state index in [1.54, 1.807) is 0 Å². The summed E-state index contributed by atoms with van der Waals surface area (Å²) < 4.78 is 16.0. The average Bonchev–Trinajstić information content (AvgIpc) is 2.36. The molecule has 1 N–H and O–H groups in total. The molecule has 0 radical (unpaired) electrons. The van der Waals surface area contributed by atoms with Gasteiger partial charge in [-0.3, -0.25) is 0 Å². The van der Waals surface area contributed by atoms with Crippen molar-refractivity contribution in [3.05, 3.63) is 17.1 Å². The van der Waals surface area contributed by atoms with Crippen molar-refractivity contribution in [2.75, 3.05) is 0 Å². The first-order valence-electron chi connectivity index (χ1n) is 2.49. The summed E-state index contributed by atoms with van der Waals surface area (Å²) in [7, 11) is 0. The van der Waals surface area contributed by atoms with Gasteiger partial charge in [0.15, 0.2) is 0 Å². The van der Waals surface area contributed by atoms with E-state index in [1.165, 1.54) is 11.4 Å². The van der Waals surface area contributed by atoms with E-state index in [-0.39, 0.29) is 5.69 Å². The van der Waals surface area contributed by atoms with E-state index >= 15 is 0 Å². The lowest BCUT2D eigenvalue weighted by Gasteiger charge is -1.94. The maximum Gasteiger partial charge on any atom is 0.344 e. The first-order valence-corrected chi connectivity index (χ1v) is 3.32. The van der Waals surface area contributed by atoms with Gasteiger partial charge < -0.3 is 5.11 Å². The zero-order chi connectivity index (χ0) is 7.56. The third-order valence-electron chi connectivity index (χ3n) is 0.934. The summed E-state index contributed by atoms with van der Waals surface area (Å²) >= 11 is 1.03. The lowest BCUT2D eigenvalue weighted by atomic mass is 10.3. The molecule has 10 heavy (non-hydrogen) atoms. The highest BCUT2D eigenvalue weighted by Gasteiger charge is 2.19. The van der Waals surface area contributed by atoms with E-state index in [2.05, 4.69) is 4.37 Å². The van der Waals surface area contributed by atoms with E-state index in [0.717, 1.165) is 11.5 Å². The fourth-order valence-corrected chi connectivity index (χ4v) is 1.02.